The molecule has 336 valence electrons. The molecular formula is C62H62N4O. The van der Waals surface area contributed by atoms with Gasteiger partial charge in [-0.2, -0.15) is 0 Å². The molecule has 1 aliphatic heterocycles. The van der Waals surface area contributed by atoms with Crippen LogP contribution in [-0.2, 0) is 21.7 Å². The van der Waals surface area contributed by atoms with E-state index in [0.29, 0.717) is 6.67 Å². The summed E-state index contributed by atoms with van der Waals surface area (Å²) in [6.45, 7) is 23.5. The van der Waals surface area contributed by atoms with Gasteiger partial charge in [-0.1, -0.05) is 166 Å². The summed E-state index contributed by atoms with van der Waals surface area (Å²) in [6, 6.07) is 64.1. The molecule has 0 N–H and O–H groups in total. The standard InChI is InChI=1S/C62H62N4O/c1-59(2,3)44-32-33-63-58(38-44)66-54-27-18-17-26-52(54)53-30-29-50(40-56(53)66)67-51-36-47(60(4,5)6)35-49(39-51)65-41-64(48-25-19-24-45(34-48)61(7,8)42-20-13-11-14-21-42)55-31-28-46(37-57(55)65)62(9,10)43-22-15-12-16-23-43/h11-40H,41H2,1-10H3. The first-order chi connectivity index (χ1) is 32.0. The fourth-order valence-corrected chi connectivity index (χ4v) is 9.83. The molecule has 7 aromatic carbocycles. The third-order valence-corrected chi connectivity index (χ3v) is 14.2. The molecule has 5 heteroatoms. The summed E-state index contributed by atoms with van der Waals surface area (Å²) >= 11 is 0. The van der Waals surface area contributed by atoms with Gasteiger partial charge in [0.1, 0.15) is 24.0 Å². The molecule has 67 heavy (non-hydrogen) atoms. The van der Waals surface area contributed by atoms with Gasteiger partial charge in [0, 0.05) is 51.3 Å². The van der Waals surface area contributed by atoms with Gasteiger partial charge in [-0.3, -0.25) is 4.57 Å². The van der Waals surface area contributed by atoms with E-state index < -0.39 is 0 Å². The molecule has 0 saturated carbocycles. The van der Waals surface area contributed by atoms with Crippen LogP contribution in [0.5, 0.6) is 11.5 Å². The predicted octanol–water partition coefficient (Wildman–Crippen LogP) is 16.5. The number of aromatic nitrogens is 2. The Balaban J connectivity index is 1.09. The lowest BCUT2D eigenvalue weighted by Crippen LogP contribution is -2.25. The Morgan fingerprint density at radius 1 is 0.403 bits per heavy atom. The van der Waals surface area contributed by atoms with Crippen LogP contribution in [0.25, 0.3) is 27.6 Å². The molecule has 5 nitrogen and oxygen atoms in total. The van der Waals surface area contributed by atoms with E-state index in [0.717, 1.165) is 45.1 Å². The number of nitrogens with zero attached hydrogens (tertiary/aromatic N) is 4. The average Bonchev–Trinajstić information content (AvgIpc) is 3.87. The molecule has 0 saturated heterocycles. The minimum Gasteiger partial charge on any atom is -0.457 e. The zero-order valence-corrected chi connectivity index (χ0v) is 40.7. The molecule has 0 spiro atoms. The second-order valence-electron chi connectivity index (χ2n) is 21.5. The molecule has 0 aliphatic carbocycles. The Morgan fingerprint density at radius 2 is 1.00 bits per heavy atom. The summed E-state index contributed by atoms with van der Waals surface area (Å²) in [5.74, 6) is 2.47. The van der Waals surface area contributed by atoms with Crippen molar-refractivity contribution >= 4 is 44.6 Å². The summed E-state index contributed by atoms with van der Waals surface area (Å²) in [5.41, 5.74) is 13.7. The van der Waals surface area contributed by atoms with Crippen molar-refractivity contribution in [3.63, 3.8) is 0 Å². The number of anilines is 4. The molecule has 2 aromatic heterocycles. The number of pyridine rings is 1. The average molecular weight is 879 g/mol. The zero-order valence-electron chi connectivity index (χ0n) is 40.7. The third-order valence-electron chi connectivity index (χ3n) is 14.2. The number of fused-ring (bicyclic) bond motifs is 4. The summed E-state index contributed by atoms with van der Waals surface area (Å²) in [6.07, 6.45) is 1.93. The Kier molecular flexibility index (Phi) is 10.7. The van der Waals surface area contributed by atoms with Crippen LogP contribution in [0.3, 0.4) is 0 Å². The van der Waals surface area contributed by atoms with Gasteiger partial charge in [-0.25, -0.2) is 4.98 Å². The quantitative estimate of drug-likeness (QED) is 0.145. The van der Waals surface area contributed by atoms with Gasteiger partial charge in [0.25, 0.3) is 0 Å². The Labute approximate surface area is 397 Å². The molecule has 0 radical (unpaired) electrons. The molecule has 9 aromatic rings. The van der Waals surface area contributed by atoms with Crippen LogP contribution in [-0.4, -0.2) is 16.2 Å². The number of benzene rings is 7. The van der Waals surface area contributed by atoms with Crippen LogP contribution < -0.4 is 14.5 Å². The van der Waals surface area contributed by atoms with Crippen molar-refractivity contribution in [2.24, 2.45) is 0 Å². The Bertz CT molecular complexity index is 3280. The van der Waals surface area contributed by atoms with Gasteiger partial charge in [0.05, 0.1) is 22.4 Å². The van der Waals surface area contributed by atoms with Crippen LogP contribution in [0.2, 0.25) is 0 Å². The molecule has 0 bridgehead atoms. The fourth-order valence-electron chi connectivity index (χ4n) is 9.83. The van der Waals surface area contributed by atoms with Crippen molar-refractivity contribution in [3.05, 3.63) is 216 Å². The number of hydrogen-bond acceptors (Lipinski definition) is 4. The van der Waals surface area contributed by atoms with Crippen molar-refractivity contribution in [2.75, 3.05) is 16.5 Å². The monoisotopic (exact) mass is 878 g/mol. The van der Waals surface area contributed by atoms with Crippen molar-refractivity contribution in [2.45, 2.75) is 90.9 Å². The largest absolute Gasteiger partial charge is 0.457 e. The molecule has 0 amide bonds. The number of ether oxygens (including phenoxy) is 1. The maximum absolute atomic E-state index is 7.04. The van der Waals surface area contributed by atoms with Crippen LogP contribution in [0.4, 0.5) is 22.7 Å². The topological polar surface area (TPSA) is 33.5 Å². The molecule has 1 aliphatic rings. The van der Waals surface area contributed by atoms with Crippen LogP contribution in [0.15, 0.2) is 182 Å². The van der Waals surface area contributed by atoms with Crippen LogP contribution in [0.1, 0.15) is 103 Å². The third kappa shape index (κ3) is 8.05. The predicted molar refractivity (Wildman–Crippen MR) is 282 cm³/mol. The molecule has 3 heterocycles. The lowest BCUT2D eigenvalue weighted by Gasteiger charge is -2.29. The van der Waals surface area contributed by atoms with E-state index in [1.54, 1.807) is 0 Å². The normalized spacial score (nSPS) is 13.4. The molecule has 0 unspecified atom stereocenters. The number of hydrogen-bond donors (Lipinski definition) is 0. The molecule has 0 atom stereocenters. The highest BCUT2D eigenvalue weighted by Gasteiger charge is 2.34. The smallest absolute Gasteiger partial charge is 0.137 e. The van der Waals surface area contributed by atoms with Crippen LogP contribution >= 0.6 is 0 Å². The number of rotatable bonds is 9. The van der Waals surface area contributed by atoms with E-state index in [-0.39, 0.29) is 21.7 Å². The summed E-state index contributed by atoms with van der Waals surface area (Å²) in [7, 11) is 0. The first kappa shape index (κ1) is 43.8. The van der Waals surface area contributed by atoms with E-state index >= 15 is 0 Å². The maximum atomic E-state index is 7.04. The van der Waals surface area contributed by atoms with Gasteiger partial charge in [0.2, 0.25) is 0 Å². The van der Waals surface area contributed by atoms with E-state index in [1.165, 1.54) is 50.1 Å². The molecule has 10 rings (SSSR count). The van der Waals surface area contributed by atoms with Gasteiger partial charge in [-0.15, -0.1) is 0 Å². The van der Waals surface area contributed by atoms with Gasteiger partial charge >= 0.3 is 0 Å². The lowest BCUT2D eigenvalue weighted by atomic mass is 9.78. The highest BCUT2D eigenvalue weighted by Crippen LogP contribution is 2.49. The summed E-state index contributed by atoms with van der Waals surface area (Å²) in [4.78, 5) is 9.88. The van der Waals surface area contributed by atoms with Gasteiger partial charge in [0.15, 0.2) is 0 Å². The summed E-state index contributed by atoms with van der Waals surface area (Å²) < 4.78 is 9.33. The molecule has 0 fully saturated rings. The lowest BCUT2D eigenvalue weighted by molar-refractivity contribution is 0.479. The second kappa shape index (κ2) is 16.3. The molecular weight excluding hydrogens is 817 g/mol. The zero-order chi connectivity index (χ0) is 46.9. The highest BCUT2D eigenvalue weighted by atomic mass is 16.5. The highest BCUT2D eigenvalue weighted by molar-refractivity contribution is 6.09. The first-order valence-corrected chi connectivity index (χ1v) is 23.7. The van der Waals surface area contributed by atoms with Crippen molar-refractivity contribution in [3.8, 4) is 17.3 Å². The van der Waals surface area contributed by atoms with Gasteiger partial charge < -0.3 is 14.5 Å². The SMILES string of the molecule is CC(C)(C)c1cc(Oc2ccc3c4ccccc4n(-c4cc(C(C)(C)C)ccn4)c3c2)cc(N2CN(c3cccc(C(C)(C)c4ccccc4)c3)c3ccc(C(C)(C)c4ccccc4)cc32)c1. The van der Waals surface area contributed by atoms with E-state index in [1.807, 2.05) is 6.20 Å². The maximum Gasteiger partial charge on any atom is 0.137 e. The van der Waals surface area contributed by atoms with Crippen LogP contribution in [0, 0.1) is 0 Å². The summed E-state index contributed by atoms with van der Waals surface area (Å²) in [5, 5.41) is 2.35. The van der Waals surface area contributed by atoms with E-state index in [4.69, 9.17) is 9.72 Å². The fraction of sp³-hybridized carbons (Fsp3) is 0.242. The van der Waals surface area contributed by atoms with Crippen molar-refractivity contribution in [1.29, 1.82) is 0 Å². The Morgan fingerprint density at radius 3 is 1.69 bits per heavy atom. The van der Waals surface area contributed by atoms with Crippen molar-refractivity contribution < 1.29 is 4.74 Å². The minimum absolute atomic E-state index is 0.0175. The first-order valence-electron chi connectivity index (χ1n) is 23.7. The van der Waals surface area contributed by atoms with E-state index in [2.05, 4.69) is 260 Å². The minimum atomic E-state index is -0.221. The van der Waals surface area contributed by atoms with Crippen molar-refractivity contribution in [1.82, 2.24) is 9.55 Å². The van der Waals surface area contributed by atoms with E-state index in [9.17, 15) is 0 Å². The Hall–Kier alpha value is -7.11. The second-order valence-corrected chi connectivity index (χ2v) is 21.5. The van der Waals surface area contributed by atoms with Gasteiger partial charge in [-0.05, 0) is 111 Å². The number of para-hydroxylation sites is 1.